The third kappa shape index (κ3) is 1.69. The van der Waals surface area contributed by atoms with Crippen molar-refractivity contribution >= 4 is 17.9 Å². The highest BCUT2D eigenvalue weighted by Gasteiger charge is 2.09. The van der Waals surface area contributed by atoms with E-state index in [1.54, 1.807) is 6.92 Å². The molecule has 2 nitrogen and oxygen atoms in total. The largest absolute Gasteiger partial charge is 0.361 e. The van der Waals surface area contributed by atoms with Crippen LogP contribution in [0.5, 0.6) is 0 Å². The Hall–Kier alpha value is -1.57. The van der Waals surface area contributed by atoms with Gasteiger partial charge in [-0.25, -0.2) is 0 Å². The molecule has 0 aromatic carbocycles. The van der Waals surface area contributed by atoms with Gasteiger partial charge in [0.2, 0.25) is 0 Å². The molecule has 0 spiro atoms. The number of carbonyl (C=O) groups excluding carboxylic acids is 1. The molecule has 1 aliphatic rings. The number of aromatic amines is 1. The van der Waals surface area contributed by atoms with Gasteiger partial charge in [-0.3, -0.25) is 4.79 Å². The van der Waals surface area contributed by atoms with Gasteiger partial charge in [0.15, 0.2) is 0 Å². The first kappa shape index (κ1) is 9.00. The normalized spacial score (nSPS) is 13.8. The fourth-order valence-electron chi connectivity index (χ4n) is 1.69. The van der Waals surface area contributed by atoms with Gasteiger partial charge in [-0.1, -0.05) is 18.2 Å². The van der Waals surface area contributed by atoms with Crippen molar-refractivity contribution in [2.45, 2.75) is 19.8 Å². The third-order valence-corrected chi connectivity index (χ3v) is 2.32. The molecule has 1 heterocycles. The molecule has 72 valence electrons. The molecular formula is C12H13NO. The van der Waals surface area contributed by atoms with Crippen molar-refractivity contribution in [1.82, 2.24) is 4.98 Å². The highest BCUT2D eigenvalue weighted by atomic mass is 16.1. The van der Waals surface area contributed by atoms with Gasteiger partial charge < -0.3 is 4.98 Å². The Kier molecular flexibility index (Phi) is 2.35. The number of Topliss-reactive ketones (excluding diaryl/α,β-unsaturated/α-hetero) is 1. The molecule has 0 atom stereocenters. The highest BCUT2D eigenvalue weighted by Crippen LogP contribution is 2.21. The average molecular weight is 187 g/mol. The second-order valence-corrected chi connectivity index (χ2v) is 3.56. The van der Waals surface area contributed by atoms with Crippen molar-refractivity contribution in [3.63, 3.8) is 0 Å². The summed E-state index contributed by atoms with van der Waals surface area (Å²) in [6, 6.07) is 0. The lowest BCUT2D eigenvalue weighted by Gasteiger charge is -1.96. The molecule has 0 saturated heterocycles. The van der Waals surface area contributed by atoms with E-state index in [0.717, 1.165) is 23.2 Å². The van der Waals surface area contributed by atoms with Crippen LogP contribution in [0.15, 0.2) is 18.3 Å². The quantitative estimate of drug-likeness (QED) is 0.758. The number of allylic oxidation sites excluding steroid dienone is 2. The van der Waals surface area contributed by atoms with E-state index in [-0.39, 0.29) is 5.78 Å². The zero-order valence-corrected chi connectivity index (χ0v) is 8.21. The van der Waals surface area contributed by atoms with Crippen molar-refractivity contribution in [1.29, 1.82) is 0 Å². The molecule has 0 radical (unpaired) electrons. The summed E-state index contributed by atoms with van der Waals surface area (Å²) in [6.07, 6.45) is 11.8. The Balaban J connectivity index is 2.39. The summed E-state index contributed by atoms with van der Waals surface area (Å²) in [5, 5.41) is 0. The van der Waals surface area contributed by atoms with Crippen LogP contribution in [-0.4, -0.2) is 10.8 Å². The monoisotopic (exact) mass is 187 g/mol. The molecule has 2 rings (SSSR count). The SMILES string of the molecule is CC(=O)Cc1c[nH]c2c1C=CCC=C2. The summed E-state index contributed by atoms with van der Waals surface area (Å²) < 4.78 is 0. The second kappa shape index (κ2) is 3.66. The third-order valence-electron chi connectivity index (χ3n) is 2.32. The highest BCUT2D eigenvalue weighted by molar-refractivity contribution is 5.81. The maximum atomic E-state index is 11.0. The van der Waals surface area contributed by atoms with Crippen molar-refractivity contribution in [3.05, 3.63) is 35.2 Å². The van der Waals surface area contributed by atoms with Gasteiger partial charge in [0.05, 0.1) is 0 Å². The molecule has 0 fully saturated rings. The van der Waals surface area contributed by atoms with Gasteiger partial charge in [-0.05, 0) is 25.0 Å². The Labute approximate surface area is 83.3 Å². The van der Waals surface area contributed by atoms with Crippen LogP contribution >= 0.6 is 0 Å². The zero-order chi connectivity index (χ0) is 9.97. The van der Waals surface area contributed by atoms with E-state index >= 15 is 0 Å². The van der Waals surface area contributed by atoms with E-state index in [1.807, 2.05) is 6.20 Å². The minimum Gasteiger partial charge on any atom is -0.361 e. The van der Waals surface area contributed by atoms with Gasteiger partial charge >= 0.3 is 0 Å². The first-order valence-electron chi connectivity index (χ1n) is 4.80. The summed E-state index contributed by atoms with van der Waals surface area (Å²) >= 11 is 0. The minimum absolute atomic E-state index is 0.202. The van der Waals surface area contributed by atoms with E-state index in [9.17, 15) is 4.79 Å². The molecule has 0 amide bonds. The van der Waals surface area contributed by atoms with E-state index in [4.69, 9.17) is 0 Å². The van der Waals surface area contributed by atoms with Crippen LogP contribution in [0.1, 0.15) is 30.2 Å². The molecule has 1 aliphatic carbocycles. The number of rotatable bonds is 2. The number of fused-ring (bicyclic) bond motifs is 1. The van der Waals surface area contributed by atoms with Crippen LogP contribution in [-0.2, 0) is 11.2 Å². The molecule has 0 aliphatic heterocycles. The molecule has 0 saturated carbocycles. The van der Waals surface area contributed by atoms with Crippen LogP contribution in [0.4, 0.5) is 0 Å². The number of nitrogens with one attached hydrogen (secondary N) is 1. The number of hydrogen-bond acceptors (Lipinski definition) is 1. The Morgan fingerprint density at radius 1 is 1.43 bits per heavy atom. The molecule has 0 bridgehead atoms. The Morgan fingerprint density at radius 2 is 2.21 bits per heavy atom. The number of H-pyrrole nitrogens is 1. The number of carbonyl (C=O) groups is 1. The van der Waals surface area contributed by atoms with Gasteiger partial charge in [0.25, 0.3) is 0 Å². The molecule has 1 aromatic rings. The predicted molar refractivity (Wildman–Crippen MR) is 57.9 cm³/mol. The molecule has 0 unspecified atom stereocenters. The number of aromatic nitrogens is 1. The van der Waals surface area contributed by atoms with Gasteiger partial charge in [0.1, 0.15) is 5.78 Å². The number of ketones is 1. The minimum atomic E-state index is 0.202. The Bertz CT molecular complexity index is 410. The van der Waals surface area contributed by atoms with Crippen molar-refractivity contribution in [2.75, 3.05) is 0 Å². The van der Waals surface area contributed by atoms with Crippen molar-refractivity contribution in [3.8, 4) is 0 Å². The maximum Gasteiger partial charge on any atom is 0.134 e. The lowest BCUT2D eigenvalue weighted by atomic mass is 10.1. The molecule has 1 N–H and O–H groups in total. The van der Waals surface area contributed by atoms with E-state index in [2.05, 4.69) is 29.3 Å². The lowest BCUT2D eigenvalue weighted by molar-refractivity contribution is -0.116. The van der Waals surface area contributed by atoms with Crippen LogP contribution in [0.3, 0.4) is 0 Å². The molecule has 1 aromatic heterocycles. The van der Waals surface area contributed by atoms with Gasteiger partial charge in [-0.15, -0.1) is 0 Å². The Morgan fingerprint density at radius 3 is 3.00 bits per heavy atom. The predicted octanol–water partition coefficient (Wildman–Crippen LogP) is 2.58. The summed E-state index contributed by atoms with van der Waals surface area (Å²) in [7, 11) is 0. The van der Waals surface area contributed by atoms with Gasteiger partial charge in [-0.2, -0.15) is 0 Å². The fraction of sp³-hybridized carbons (Fsp3) is 0.250. The lowest BCUT2D eigenvalue weighted by Crippen LogP contribution is -1.96. The number of hydrogen-bond donors (Lipinski definition) is 1. The van der Waals surface area contributed by atoms with Crippen molar-refractivity contribution < 1.29 is 4.79 Å². The summed E-state index contributed by atoms with van der Waals surface area (Å²) in [5.74, 6) is 0.202. The molecular weight excluding hydrogens is 174 g/mol. The van der Waals surface area contributed by atoms with E-state index in [0.29, 0.717) is 6.42 Å². The summed E-state index contributed by atoms with van der Waals surface area (Å²) in [6.45, 7) is 1.62. The fourth-order valence-corrected chi connectivity index (χ4v) is 1.69. The van der Waals surface area contributed by atoms with Crippen molar-refractivity contribution in [2.24, 2.45) is 0 Å². The first-order valence-corrected chi connectivity index (χ1v) is 4.80. The zero-order valence-electron chi connectivity index (χ0n) is 8.21. The first-order chi connectivity index (χ1) is 6.77. The van der Waals surface area contributed by atoms with Gasteiger partial charge in [0, 0.05) is 23.9 Å². The maximum absolute atomic E-state index is 11.0. The molecule has 2 heteroatoms. The van der Waals surface area contributed by atoms with E-state index in [1.165, 1.54) is 0 Å². The second-order valence-electron chi connectivity index (χ2n) is 3.56. The smallest absolute Gasteiger partial charge is 0.134 e. The van der Waals surface area contributed by atoms with Crippen LogP contribution < -0.4 is 0 Å². The molecule has 14 heavy (non-hydrogen) atoms. The van der Waals surface area contributed by atoms with Crippen LogP contribution in [0, 0.1) is 0 Å². The summed E-state index contributed by atoms with van der Waals surface area (Å²) in [4.78, 5) is 14.2. The average Bonchev–Trinajstić information content (AvgIpc) is 2.37. The topological polar surface area (TPSA) is 32.9 Å². The summed E-state index contributed by atoms with van der Waals surface area (Å²) in [5.41, 5.74) is 3.36. The standard InChI is InChI=1S/C12H13NO/c1-9(14)7-10-8-13-12-6-4-2-3-5-11(10)12/h3-6,8,13H,2,7H2,1H3. The van der Waals surface area contributed by atoms with Crippen LogP contribution in [0.2, 0.25) is 0 Å². The van der Waals surface area contributed by atoms with Crippen LogP contribution in [0.25, 0.3) is 12.2 Å². The van der Waals surface area contributed by atoms with E-state index < -0.39 is 0 Å².